The van der Waals surface area contributed by atoms with Gasteiger partial charge in [0.25, 0.3) is 0 Å². The summed E-state index contributed by atoms with van der Waals surface area (Å²) in [5, 5.41) is 0. The van der Waals surface area contributed by atoms with Gasteiger partial charge in [0.15, 0.2) is 11.6 Å². The third kappa shape index (κ3) is 4.52. The highest BCUT2D eigenvalue weighted by atomic mass is 32.2. The molecule has 2 heterocycles. The first-order valence-electron chi connectivity index (χ1n) is 9.68. The molecule has 1 amide bonds. The number of nitrogens with zero attached hydrogens (tertiary/aromatic N) is 2. The molecule has 28 heavy (non-hydrogen) atoms. The molecule has 1 unspecified atom stereocenters. The molecule has 1 aromatic rings. The molecule has 0 bridgehead atoms. The second-order valence-corrected chi connectivity index (χ2v) is 9.20. The van der Waals surface area contributed by atoms with Crippen molar-refractivity contribution >= 4 is 15.9 Å². The number of rotatable bonds is 6. The molecule has 0 aromatic heterocycles. The molecular weight excluding hydrogens is 390 g/mol. The number of hydrogen-bond acceptors (Lipinski definition) is 4. The molecule has 0 N–H and O–H groups in total. The van der Waals surface area contributed by atoms with Crippen molar-refractivity contribution in [2.24, 2.45) is 5.92 Å². The lowest BCUT2D eigenvalue weighted by Crippen LogP contribution is -2.46. The first kappa shape index (κ1) is 21.1. The summed E-state index contributed by atoms with van der Waals surface area (Å²) >= 11 is 0. The Bertz CT molecular complexity index is 804. The zero-order valence-electron chi connectivity index (χ0n) is 15.9. The molecule has 0 aliphatic carbocycles. The Labute approximate surface area is 164 Å². The number of carbonyl (C=O) groups is 1. The molecule has 2 aliphatic heterocycles. The van der Waals surface area contributed by atoms with Gasteiger partial charge in [-0.1, -0.05) is 0 Å². The van der Waals surface area contributed by atoms with Gasteiger partial charge in [0.2, 0.25) is 15.9 Å². The molecule has 1 aromatic carbocycles. The van der Waals surface area contributed by atoms with Crippen LogP contribution >= 0.6 is 0 Å². The van der Waals surface area contributed by atoms with Crippen LogP contribution in [0.15, 0.2) is 23.1 Å². The van der Waals surface area contributed by atoms with Gasteiger partial charge in [0, 0.05) is 38.7 Å². The SMILES string of the molecule is CCN(CC1CCCO1)C(=O)C1CCN(S(=O)(=O)c2ccc(F)c(F)c2)CC1. The maximum absolute atomic E-state index is 13.4. The van der Waals surface area contributed by atoms with Crippen LogP contribution in [0, 0.1) is 17.6 Å². The summed E-state index contributed by atoms with van der Waals surface area (Å²) in [6.45, 7) is 4.17. The monoisotopic (exact) mass is 416 g/mol. The molecule has 6 nitrogen and oxygen atoms in total. The van der Waals surface area contributed by atoms with Gasteiger partial charge in [0.1, 0.15) is 0 Å². The number of carbonyl (C=O) groups excluding carboxylic acids is 1. The molecule has 0 spiro atoms. The van der Waals surface area contributed by atoms with E-state index >= 15 is 0 Å². The number of sulfonamides is 1. The van der Waals surface area contributed by atoms with Gasteiger partial charge in [-0.2, -0.15) is 4.31 Å². The van der Waals surface area contributed by atoms with Crippen LogP contribution in [0.4, 0.5) is 8.78 Å². The van der Waals surface area contributed by atoms with Gasteiger partial charge in [0.05, 0.1) is 11.0 Å². The van der Waals surface area contributed by atoms with Crippen molar-refractivity contribution in [3.05, 3.63) is 29.8 Å². The highest BCUT2D eigenvalue weighted by Crippen LogP contribution is 2.26. The van der Waals surface area contributed by atoms with Crippen LogP contribution in [-0.2, 0) is 19.6 Å². The summed E-state index contributed by atoms with van der Waals surface area (Å²) in [5.74, 6) is -2.49. The molecule has 1 atom stereocenters. The second-order valence-electron chi connectivity index (χ2n) is 7.27. The minimum Gasteiger partial charge on any atom is -0.376 e. The Hall–Kier alpha value is -1.58. The van der Waals surface area contributed by atoms with E-state index in [2.05, 4.69) is 0 Å². The van der Waals surface area contributed by atoms with E-state index in [1.165, 1.54) is 4.31 Å². The minimum atomic E-state index is -3.91. The van der Waals surface area contributed by atoms with Crippen molar-refractivity contribution in [2.45, 2.75) is 43.6 Å². The maximum atomic E-state index is 13.4. The Morgan fingerprint density at radius 2 is 1.93 bits per heavy atom. The standard InChI is InChI=1S/C19H26F2N2O4S/c1-2-22(13-15-4-3-11-27-15)19(24)14-7-9-23(10-8-14)28(25,26)16-5-6-17(20)18(21)12-16/h5-6,12,14-15H,2-4,7-11,13H2,1H3. The van der Waals surface area contributed by atoms with Gasteiger partial charge < -0.3 is 9.64 Å². The van der Waals surface area contributed by atoms with Crippen molar-refractivity contribution < 1.29 is 26.7 Å². The topological polar surface area (TPSA) is 66.9 Å². The lowest BCUT2D eigenvalue weighted by Gasteiger charge is -2.34. The highest BCUT2D eigenvalue weighted by molar-refractivity contribution is 7.89. The van der Waals surface area contributed by atoms with E-state index in [0.717, 1.165) is 31.6 Å². The van der Waals surface area contributed by atoms with Crippen molar-refractivity contribution in [1.29, 1.82) is 0 Å². The van der Waals surface area contributed by atoms with Gasteiger partial charge in [-0.15, -0.1) is 0 Å². The molecule has 156 valence electrons. The van der Waals surface area contributed by atoms with E-state index in [1.807, 2.05) is 6.92 Å². The number of amides is 1. The molecule has 3 rings (SSSR count). The van der Waals surface area contributed by atoms with E-state index in [1.54, 1.807) is 4.90 Å². The van der Waals surface area contributed by atoms with Crippen LogP contribution in [0.1, 0.15) is 32.6 Å². The fourth-order valence-corrected chi connectivity index (χ4v) is 5.28. The smallest absolute Gasteiger partial charge is 0.243 e. The average Bonchev–Trinajstić information content (AvgIpc) is 3.21. The lowest BCUT2D eigenvalue weighted by molar-refractivity contribution is -0.138. The van der Waals surface area contributed by atoms with E-state index in [0.29, 0.717) is 32.0 Å². The van der Waals surface area contributed by atoms with Gasteiger partial charge in [-0.3, -0.25) is 4.79 Å². The molecule has 0 saturated carbocycles. The quantitative estimate of drug-likeness (QED) is 0.714. The number of hydrogen-bond donors (Lipinski definition) is 0. The van der Waals surface area contributed by atoms with Crippen LogP contribution in [0.5, 0.6) is 0 Å². The second kappa shape index (κ2) is 8.84. The summed E-state index contributed by atoms with van der Waals surface area (Å²) in [6.07, 6.45) is 2.86. The van der Waals surface area contributed by atoms with Crippen molar-refractivity contribution in [1.82, 2.24) is 9.21 Å². The zero-order chi connectivity index (χ0) is 20.3. The van der Waals surface area contributed by atoms with E-state index in [4.69, 9.17) is 4.74 Å². The third-order valence-corrected chi connectivity index (χ3v) is 7.37. The largest absolute Gasteiger partial charge is 0.376 e. The third-order valence-electron chi connectivity index (χ3n) is 5.47. The zero-order valence-corrected chi connectivity index (χ0v) is 16.8. The summed E-state index contributed by atoms with van der Waals surface area (Å²) in [7, 11) is -3.91. The number of ether oxygens (including phenoxy) is 1. The van der Waals surface area contributed by atoms with Crippen molar-refractivity contribution in [3.8, 4) is 0 Å². The van der Waals surface area contributed by atoms with Crippen LogP contribution in [-0.4, -0.2) is 62.4 Å². The molecule has 2 saturated heterocycles. The van der Waals surface area contributed by atoms with Crippen molar-refractivity contribution in [2.75, 3.05) is 32.8 Å². The van der Waals surface area contributed by atoms with E-state index < -0.39 is 21.7 Å². The highest BCUT2D eigenvalue weighted by Gasteiger charge is 2.34. The van der Waals surface area contributed by atoms with Gasteiger partial charge in [-0.05, 0) is 50.8 Å². The number of piperidine rings is 1. The molecule has 2 fully saturated rings. The summed E-state index contributed by atoms with van der Waals surface area (Å²) < 4.78 is 58.7. The summed E-state index contributed by atoms with van der Waals surface area (Å²) in [6, 6.07) is 2.57. The first-order chi connectivity index (χ1) is 13.3. The number of benzene rings is 1. The van der Waals surface area contributed by atoms with Crippen LogP contribution in [0.25, 0.3) is 0 Å². The van der Waals surface area contributed by atoms with Crippen LogP contribution < -0.4 is 0 Å². The Kier molecular flexibility index (Phi) is 6.67. The fraction of sp³-hybridized carbons (Fsp3) is 0.632. The lowest BCUT2D eigenvalue weighted by atomic mass is 9.96. The Morgan fingerprint density at radius 1 is 1.21 bits per heavy atom. The number of halogens is 2. The van der Waals surface area contributed by atoms with Crippen LogP contribution in [0.2, 0.25) is 0 Å². The molecule has 9 heteroatoms. The molecular formula is C19H26F2N2O4S. The number of likely N-dealkylation sites (N-methyl/N-ethyl adjacent to an activating group) is 1. The maximum Gasteiger partial charge on any atom is 0.243 e. The van der Waals surface area contributed by atoms with Crippen LogP contribution in [0.3, 0.4) is 0 Å². The minimum absolute atomic E-state index is 0.0304. The predicted octanol–water partition coefficient (Wildman–Crippen LogP) is 2.39. The van der Waals surface area contributed by atoms with Crippen molar-refractivity contribution in [3.63, 3.8) is 0 Å². The van der Waals surface area contributed by atoms with Gasteiger partial charge >= 0.3 is 0 Å². The Balaban J connectivity index is 1.61. The Morgan fingerprint density at radius 3 is 2.50 bits per heavy atom. The summed E-state index contributed by atoms with van der Waals surface area (Å²) in [4.78, 5) is 14.4. The normalized spacial score (nSPS) is 21.8. The van der Waals surface area contributed by atoms with E-state index in [9.17, 15) is 22.0 Å². The first-order valence-corrected chi connectivity index (χ1v) is 11.1. The summed E-state index contributed by atoms with van der Waals surface area (Å²) in [5.41, 5.74) is 0. The van der Waals surface area contributed by atoms with E-state index in [-0.39, 0.29) is 35.9 Å². The molecule has 0 radical (unpaired) electrons. The fourth-order valence-electron chi connectivity index (χ4n) is 3.80. The average molecular weight is 416 g/mol. The van der Waals surface area contributed by atoms with Gasteiger partial charge in [-0.25, -0.2) is 17.2 Å². The molecule has 2 aliphatic rings. The predicted molar refractivity (Wildman–Crippen MR) is 99.1 cm³/mol.